The highest BCUT2D eigenvalue weighted by Gasteiger charge is 2.32. The first-order valence-corrected chi connectivity index (χ1v) is 11.7. The molecule has 0 spiro atoms. The molecule has 6 nitrogen and oxygen atoms in total. The van der Waals surface area contributed by atoms with Crippen LogP contribution >= 0.6 is 0 Å². The summed E-state index contributed by atoms with van der Waals surface area (Å²) in [6.07, 6.45) is 14.5. The Balaban J connectivity index is 1.32. The highest BCUT2D eigenvalue weighted by molar-refractivity contribution is 5.81. The molecule has 3 aliphatic rings. The second kappa shape index (κ2) is 10.2. The summed E-state index contributed by atoms with van der Waals surface area (Å²) in [5.41, 5.74) is 0. The SMILES string of the molecule is O=C(C1CCCC1)N1CCC(NC(=NCCc2ccco2)NC2CCCCC2)C1. The molecule has 3 fully saturated rings. The summed E-state index contributed by atoms with van der Waals surface area (Å²) >= 11 is 0. The molecule has 1 aromatic rings. The van der Waals surface area contributed by atoms with Crippen molar-refractivity contribution in [1.29, 1.82) is 0 Å². The number of guanidine groups is 1. The molecule has 1 saturated heterocycles. The van der Waals surface area contributed by atoms with E-state index in [2.05, 4.69) is 15.5 Å². The van der Waals surface area contributed by atoms with Crippen LogP contribution in [0.1, 0.15) is 70.0 Å². The topological polar surface area (TPSA) is 69.9 Å². The van der Waals surface area contributed by atoms with E-state index in [1.807, 2.05) is 12.1 Å². The van der Waals surface area contributed by atoms with Gasteiger partial charge < -0.3 is 20.0 Å². The Morgan fingerprint density at radius 2 is 1.79 bits per heavy atom. The van der Waals surface area contributed by atoms with E-state index in [9.17, 15) is 4.79 Å². The summed E-state index contributed by atoms with van der Waals surface area (Å²) in [4.78, 5) is 19.7. The Hall–Kier alpha value is -1.98. The van der Waals surface area contributed by atoms with Crippen molar-refractivity contribution in [2.45, 2.75) is 82.7 Å². The molecule has 0 bridgehead atoms. The van der Waals surface area contributed by atoms with Crippen molar-refractivity contribution in [3.8, 4) is 0 Å². The molecule has 6 heteroatoms. The van der Waals surface area contributed by atoms with Crippen molar-refractivity contribution in [2.24, 2.45) is 10.9 Å². The predicted molar refractivity (Wildman–Crippen MR) is 115 cm³/mol. The zero-order valence-electron chi connectivity index (χ0n) is 17.6. The number of aliphatic imine (C=N–C) groups is 1. The minimum absolute atomic E-state index is 0.274. The van der Waals surface area contributed by atoms with Crippen LogP contribution in [0.3, 0.4) is 0 Å². The van der Waals surface area contributed by atoms with Crippen molar-refractivity contribution in [3.63, 3.8) is 0 Å². The molecule has 1 aliphatic heterocycles. The Bertz CT molecular complexity index is 660. The fourth-order valence-electron chi connectivity index (χ4n) is 5.01. The number of amides is 1. The van der Waals surface area contributed by atoms with Gasteiger partial charge in [0.2, 0.25) is 5.91 Å². The molecular formula is C23H36N4O2. The Kier molecular flexibility index (Phi) is 7.12. The van der Waals surface area contributed by atoms with Crippen LogP contribution in [0, 0.1) is 5.92 Å². The monoisotopic (exact) mass is 400 g/mol. The molecule has 160 valence electrons. The van der Waals surface area contributed by atoms with Gasteiger partial charge >= 0.3 is 0 Å². The van der Waals surface area contributed by atoms with Crippen LogP contribution in [0.25, 0.3) is 0 Å². The highest BCUT2D eigenvalue weighted by atomic mass is 16.3. The number of likely N-dealkylation sites (tertiary alicyclic amines) is 1. The van der Waals surface area contributed by atoms with Crippen LogP contribution in [0.2, 0.25) is 0 Å². The first-order chi connectivity index (χ1) is 14.3. The van der Waals surface area contributed by atoms with E-state index in [1.165, 1.54) is 44.9 Å². The van der Waals surface area contributed by atoms with Crippen LogP contribution in [-0.2, 0) is 11.2 Å². The summed E-state index contributed by atoms with van der Waals surface area (Å²) in [5.74, 6) is 2.53. The number of hydrogen-bond donors (Lipinski definition) is 2. The predicted octanol–water partition coefficient (Wildman–Crippen LogP) is 3.48. The molecule has 2 N–H and O–H groups in total. The van der Waals surface area contributed by atoms with Gasteiger partial charge in [-0.3, -0.25) is 9.79 Å². The minimum Gasteiger partial charge on any atom is -0.469 e. The molecular weight excluding hydrogens is 364 g/mol. The van der Waals surface area contributed by atoms with Crippen LogP contribution in [0.5, 0.6) is 0 Å². The quantitative estimate of drug-likeness (QED) is 0.567. The maximum Gasteiger partial charge on any atom is 0.225 e. The van der Waals surface area contributed by atoms with Crippen LogP contribution < -0.4 is 10.6 Å². The largest absolute Gasteiger partial charge is 0.469 e. The van der Waals surface area contributed by atoms with Gasteiger partial charge in [0, 0.05) is 44.1 Å². The molecule has 1 aromatic heterocycles. The number of carbonyl (C=O) groups excluding carboxylic acids is 1. The number of hydrogen-bond acceptors (Lipinski definition) is 3. The molecule has 2 aliphatic carbocycles. The molecule has 4 rings (SSSR count). The van der Waals surface area contributed by atoms with Crippen molar-refractivity contribution >= 4 is 11.9 Å². The number of furan rings is 1. The smallest absolute Gasteiger partial charge is 0.225 e. The van der Waals surface area contributed by atoms with Gasteiger partial charge in [-0.1, -0.05) is 32.1 Å². The van der Waals surface area contributed by atoms with E-state index in [0.29, 0.717) is 24.5 Å². The molecule has 0 radical (unpaired) electrons. The molecule has 2 heterocycles. The molecule has 1 atom stereocenters. The van der Waals surface area contributed by atoms with Gasteiger partial charge in [-0.2, -0.15) is 0 Å². The number of rotatable bonds is 6. The maximum absolute atomic E-state index is 12.7. The van der Waals surface area contributed by atoms with Gasteiger partial charge in [-0.05, 0) is 44.2 Å². The van der Waals surface area contributed by atoms with Crippen LogP contribution in [0.15, 0.2) is 27.8 Å². The van der Waals surface area contributed by atoms with Gasteiger partial charge in [0.25, 0.3) is 0 Å². The van der Waals surface area contributed by atoms with E-state index in [-0.39, 0.29) is 5.92 Å². The van der Waals surface area contributed by atoms with E-state index in [0.717, 1.165) is 50.5 Å². The Morgan fingerprint density at radius 1 is 1.03 bits per heavy atom. The van der Waals surface area contributed by atoms with Crippen molar-refractivity contribution in [1.82, 2.24) is 15.5 Å². The van der Waals surface area contributed by atoms with Crippen LogP contribution in [0.4, 0.5) is 0 Å². The molecule has 2 saturated carbocycles. The molecule has 1 amide bonds. The van der Waals surface area contributed by atoms with Gasteiger partial charge in [-0.15, -0.1) is 0 Å². The van der Waals surface area contributed by atoms with E-state index >= 15 is 0 Å². The fourth-order valence-corrected chi connectivity index (χ4v) is 5.01. The number of nitrogens with zero attached hydrogens (tertiary/aromatic N) is 2. The summed E-state index contributed by atoms with van der Waals surface area (Å²) < 4.78 is 5.43. The van der Waals surface area contributed by atoms with Crippen molar-refractivity contribution in [2.75, 3.05) is 19.6 Å². The van der Waals surface area contributed by atoms with E-state index in [1.54, 1.807) is 6.26 Å². The number of nitrogens with one attached hydrogen (secondary N) is 2. The number of carbonyl (C=O) groups is 1. The normalized spacial score (nSPS) is 24.2. The Morgan fingerprint density at radius 3 is 2.55 bits per heavy atom. The van der Waals surface area contributed by atoms with Crippen molar-refractivity contribution in [3.05, 3.63) is 24.2 Å². The minimum atomic E-state index is 0.274. The molecule has 1 unspecified atom stereocenters. The second-order valence-electron chi connectivity index (χ2n) is 8.93. The zero-order chi connectivity index (χ0) is 19.9. The van der Waals surface area contributed by atoms with E-state index < -0.39 is 0 Å². The van der Waals surface area contributed by atoms with Crippen molar-refractivity contribution < 1.29 is 9.21 Å². The van der Waals surface area contributed by atoms with Gasteiger partial charge in [0.05, 0.1) is 6.26 Å². The first-order valence-electron chi connectivity index (χ1n) is 11.7. The lowest BCUT2D eigenvalue weighted by Crippen LogP contribution is -2.49. The standard InChI is InChI=1S/C23H36N4O2/c28-22(18-7-4-5-8-18)27-15-13-20(17-27)26-23(25-19-9-2-1-3-10-19)24-14-12-21-11-6-16-29-21/h6,11,16,18-20H,1-5,7-10,12-15,17H2,(H2,24,25,26). The van der Waals surface area contributed by atoms with E-state index in [4.69, 9.17) is 9.41 Å². The third kappa shape index (κ3) is 5.77. The third-order valence-corrected chi connectivity index (χ3v) is 6.70. The average Bonchev–Trinajstić information content (AvgIpc) is 3.51. The lowest BCUT2D eigenvalue weighted by Gasteiger charge is -2.27. The lowest BCUT2D eigenvalue weighted by atomic mass is 9.96. The third-order valence-electron chi connectivity index (χ3n) is 6.70. The Labute approximate surface area is 174 Å². The van der Waals surface area contributed by atoms with Gasteiger partial charge in [0.15, 0.2) is 5.96 Å². The molecule has 29 heavy (non-hydrogen) atoms. The summed E-state index contributed by atoms with van der Waals surface area (Å²) in [6, 6.07) is 4.73. The van der Waals surface area contributed by atoms with Gasteiger partial charge in [-0.25, -0.2) is 0 Å². The summed E-state index contributed by atoms with van der Waals surface area (Å²) in [5, 5.41) is 7.30. The summed E-state index contributed by atoms with van der Waals surface area (Å²) in [7, 11) is 0. The first kappa shape index (κ1) is 20.3. The molecule has 0 aromatic carbocycles. The second-order valence-corrected chi connectivity index (χ2v) is 8.93. The maximum atomic E-state index is 12.7. The fraction of sp³-hybridized carbons (Fsp3) is 0.739. The van der Waals surface area contributed by atoms with Gasteiger partial charge in [0.1, 0.15) is 5.76 Å². The average molecular weight is 401 g/mol. The summed E-state index contributed by atoms with van der Waals surface area (Å²) in [6.45, 7) is 2.38. The highest BCUT2D eigenvalue weighted by Crippen LogP contribution is 2.28. The zero-order valence-corrected chi connectivity index (χ0v) is 17.6. The lowest BCUT2D eigenvalue weighted by molar-refractivity contribution is -0.134. The van der Waals surface area contributed by atoms with Crippen LogP contribution in [-0.4, -0.2) is 48.5 Å².